The Morgan fingerprint density at radius 1 is 1.41 bits per heavy atom. The van der Waals surface area contributed by atoms with Gasteiger partial charge in [0, 0.05) is 18.9 Å². The van der Waals surface area contributed by atoms with Crippen LogP contribution in [0, 0.1) is 5.41 Å². The van der Waals surface area contributed by atoms with E-state index in [1.807, 2.05) is 13.8 Å². The fourth-order valence-electron chi connectivity index (χ4n) is 3.02. The van der Waals surface area contributed by atoms with Gasteiger partial charge in [-0.25, -0.2) is 14.8 Å². The highest BCUT2D eigenvalue weighted by atomic mass is 19.4. The number of carbonyl (C=O) groups excluding carboxylic acids is 1. The van der Waals surface area contributed by atoms with Crippen molar-refractivity contribution in [1.29, 1.82) is 0 Å². The van der Waals surface area contributed by atoms with E-state index in [0.717, 1.165) is 12.5 Å². The van der Waals surface area contributed by atoms with Gasteiger partial charge in [0.1, 0.15) is 12.1 Å². The molecule has 2 atom stereocenters. The van der Waals surface area contributed by atoms with E-state index in [4.69, 9.17) is 0 Å². The van der Waals surface area contributed by atoms with Crippen molar-refractivity contribution in [3.63, 3.8) is 0 Å². The smallest absolute Gasteiger partial charge is 0.390 e. The van der Waals surface area contributed by atoms with Crippen LogP contribution in [0.15, 0.2) is 30.9 Å². The SMILES string of the molecule is CC1(C)C[C@H](NC(=O)NCc2ccnc(-n3cnc(C(F)(F)F)c3)c2)C1O. The molecule has 2 aromatic heterocycles. The first-order chi connectivity index (χ1) is 12.6. The molecule has 1 saturated carbocycles. The fraction of sp³-hybridized carbons (Fsp3) is 0.471. The summed E-state index contributed by atoms with van der Waals surface area (Å²) in [6.45, 7) is 4.01. The van der Waals surface area contributed by atoms with Crippen molar-refractivity contribution < 1.29 is 23.1 Å². The number of urea groups is 1. The second-order valence-corrected chi connectivity index (χ2v) is 7.26. The highest BCUT2D eigenvalue weighted by Gasteiger charge is 2.46. The van der Waals surface area contributed by atoms with Crippen LogP contribution in [0.1, 0.15) is 31.5 Å². The van der Waals surface area contributed by atoms with Crippen LogP contribution in [0.4, 0.5) is 18.0 Å². The first-order valence-corrected chi connectivity index (χ1v) is 8.35. The Bertz CT molecular complexity index is 834. The lowest BCUT2D eigenvalue weighted by Gasteiger charge is -2.48. The Morgan fingerprint density at radius 2 is 2.15 bits per heavy atom. The maximum atomic E-state index is 12.7. The van der Waals surface area contributed by atoms with Gasteiger partial charge in [0.05, 0.1) is 12.1 Å². The van der Waals surface area contributed by atoms with E-state index >= 15 is 0 Å². The summed E-state index contributed by atoms with van der Waals surface area (Å²) in [6, 6.07) is 2.49. The zero-order valence-corrected chi connectivity index (χ0v) is 14.8. The monoisotopic (exact) mass is 383 g/mol. The normalized spacial score (nSPS) is 21.4. The van der Waals surface area contributed by atoms with Crippen molar-refractivity contribution in [3.05, 3.63) is 42.1 Å². The van der Waals surface area contributed by atoms with Gasteiger partial charge in [-0.15, -0.1) is 0 Å². The molecule has 0 aliphatic heterocycles. The molecular formula is C17H20F3N5O2. The molecule has 0 radical (unpaired) electrons. The maximum absolute atomic E-state index is 12.7. The molecule has 3 rings (SSSR count). The average molecular weight is 383 g/mol. The van der Waals surface area contributed by atoms with Crippen LogP contribution >= 0.6 is 0 Å². The summed E-state index contributed by atoms with van der Waals surface area (Å²) in [7, 11) is 0. The summed E-state index contributed by atoms with van der Waals surface area (Å²) in [6.07, 6.45) is -1.11. The van der Waals surface area contributed by atoms with Crippen molar-refractivity contribution in [1.82, 2.24) is 25.2 Å². The van der Waals surface area contributed by atoms with Gasteiger partial charge in [-0.1, -0.05) is 13.8 Å². The van der Waals surface area contributed by atoms with Crippen LogP contribution in [0.25, 0.3) is 5.82 Å². The number of alkyl halides is 3. The predicted octanol–water partition coefficient (Wildman–Crippen LogP) is 2.24. The molecule has 2 aromatic rings. The van der Waals surface area contributed by atoms with Gasteiger partial charge in [-0.3, -0.25) is 4.57 Å². The molecule has 27 heavy (non-hydrogen) atoms. The average Bonchev–Trinajstić information content (AvgIpc) is 3.10. The van der Waals surface area contributed by atoms with Gasteiger partial charge in [0.15, 0.2) is 5.69 Å². The van der Waals surface area contributed by atoms with E-state index in [9.17, 15) is 23.1 Å². The van der Waals surface area contributed by atoms with Gasteiger partial charge < -0.3 is 15.7 Å². The molecule has 3 N–H and O–H groups in total. The third-order valence-electron chi connectivity index (χ3n) is 4.64. The summed E-state index contributed by atoms with van der Waals surface area (Å²) >= 11 is 0. The number of aliphatic hydroxyl groups is 1. The minimum Gasteiger partial charge on any atom is -0.390 e. The van der Waals surface area contributed by atoms with Gasteiger partial charge in [0.2, 0.25) is 0 Å². The lowest BCUT2D eigenvalue weighted by molar-refractivity contribution is -0.140. The molecule has 146 valence electrons. The number of imidazole rings is 1. The van der Waals surface area contributed by atoms with Gasteiger partial charge >= 0.3 is 12.2 Å². The topological polar surface area (TPSA) is 92.1 Å². The number of aliphatic hydroxyl groups excluding tert-OH is 1. The molecule has 0 bridgehead atoms. The molecule has 2 amide bonds. The standard InChI is InChI=1S/C17H20F3N5O2/c1-16(2)6-11(14(16)26)24-15(27)22-7-10-3-4-21-13(5-10)25-8-12(23-9-25)17(18,19)20/h3-5,8-9,11,14,26H,6-7H2,1-2H3,(H2,22,24,27)/t11-,14?/m0/s1. The largest absolute Gasteiger partial charge is 0.434 e. The number of hydrogen-bond donors (Lipinski definition) is 3. The first-order valence-electron chi connectivity index (χ1n) is 8.35. The summed E-state index contributed by atoms with van der Waals surface area (Å²) in [4.78, 5) is 19.3. The number of aromatic nitrogens is 3. The second-order valence-electron chi connectivity index (χ2n) is 7.26. The molecule has 1 unspecified atom stereocenters. The molecule has 1 aliphatic carbocycles. The molecule has 0 saturated heterocycles. The molecule has 1 aliphatic rings. The highest BCUT2D eigenvalue weighted by molar-refractivity contribution is 5.74. The van der Waals surface area contributed by atoms with Crippen LogP contribution in [-0.2, 0) is 12.7 Å². The Kier molecular flexibility index (Phi) is 4.85. The van der Waals surface area contributed by atoms with E-state index in [0.29, 0.717) is 12.0 Å². The van der Waals surface area contributed by atoms with E-state index in [2.05, 4.69) is 20.6 Å². The zero-order valence-electron chi connectivity index (χ0n) is 14.8. The van der Waals surface area contributed by atoms with Crippen LogP contribution in [-0.4, -0.2) is 37.8 Å². The lowest BCUT2D eigenvalue weighted by atomic mass is 9.65. The van der Waals surface area contributed by atoms with Crippen molar-refractivity contribution in [2.45, 2.75) is 45.1 Å². The van der Waals surface area contributed by atoms with Crippen molar-refractivity contribution in [2.24, 2.45) is 5.41 Å². The molecule has 10 heteroatoms. The molecule has 2 heterocycles. The zero-order chi connectivity index (χ0) is 19.8. The number of nitrogens with one attached hydrogen (secondary N) is 2. The summed E-state index contributed by atoms with van der Waals surface area (Å²) < 4.78 is 39.1. The number of amides is 2. The quantitative estimate of drug-likeness (QED) is 0.755. The molecule has 7 nitrogen and oxygen atoms in total. The Hall–Kier alpha value is -2.62. The van der Waals surface area contributed by atoms with Crippen molar-refractivity contribution in [3.8, 4) is 5.82 Å². The highest BCUT2D eigenvalue weighted by Crippen LogP contribution is 2.40. The van der Waals surface area contributed by atoms with Crippen LogP contribution < -0.4 is 10.6 Å². The van der Waals surface area contributed by atoms with Crippen LogP contribution in [0.3, 0.4) is 0 Å². The fourth-order valence-corrected chi connectivity index (χ4v) is 3.02. The lowest BCUT2D eigenvalue weighted by Crippen LogP contribution is -2.62. The second kappa shape index (κ2) is 6.84. The number of carbonyl (C=O) groups is 1. The van der Waals surface area contributed by atoms with Crippen molar-refractivity contribution >= 4 is 6.03 Å². The number of halogens is 3. The maximum Gasteiger partial charge on any atom is 0.434 e. The van der Waals surface area contributed by atoms with E-state index in [-0.39, 0.29) is 23.8 Å². The van der Waals surface area contributed by atoms with E-state index < -0.39 is 24.0 Å². The molecular weight excluding hydrogens is 363 g/mol. The molecule has 0 aromatic carbocycles. The van der Waals surface area contributed by atoms with Crippen LogP contribution in [0.2, 0.25) is 0 Å². The Labute approximate surface area is 153 Å². The minimum absolute atomic E-state index is 0.161. The predicted molar refractivity (Wildman–Crippen MR) is 89.9 cm³/mol. The van der Waals surface area contributed by atoms with Gasteiger partial charge in [-0.2, -0.15) is 13.2 Å². The number of nitrogens with zero attached hydrogens (tertiary/aromatic N) is 3. The van der Waals surface area contributed by atoms with Crippen molar-refractivity contribution in [2.75, 3.05) is 0 Å². The number of pyridine rings is 1. The Morgan fingerprint density at radius 3 is 2.74 bits per heavy atom. The van der Waals surface area contributed by atoms with E-state index in [1.54, 1.807) is 12.1 Å². The van der Waals surface area contributed by atoms with Gasteiger partial charge in [0.25, 0.3) is 0 Å². The number of hydrogen-bond acceptors (Lipinski definition) is 4. The molecule has 1 fully saturated rings. The van der Waals surface area contributed by atoms with E-state index in [1.165, 1.54) is 10.8 Å². The minimum atomic E-state index is -4.52. The summed E-state index contributed by atoms with van der Waals surface area (Å²) in [5.41, 5.74) is -0.557. The summed E-state index contributed by atoms with van der Waals surface area (Å²) in [5, 5.41) is 15.3. The first kappa shape index (κ1) is 19.2. The third-order valence-corrected chi connectivity index (χ3v) is 4.64. The summed E-state index contributed by atoms with van der Waals surface area (Å²) in [5.74, 6) is 0.258. The van der Waals surface area contributed by atoms with Crippen LogP contribution in [0.5, 0.6) is 0 Å². The Balaban J connectivity index is 1.58. The third kappa shape index (κ3) is 4.21. The number of rotatable bonds is 4. The molecule has 0 spiro atoms. The van der Waals surface area contributed by atoms with Gasteiger partial charge in [-0.05, 0) is 29.5 Å².